The number of thiophene rings is 1. The second-order valence-corrected chi connectivity index (χ2v) is 8.94. The van der Waals surface area contributed by atoms with Gasteiger partial charge in [-0.25, -0.2) is 4.98 Å². The fourth-order valence-electron chi connectivity index (χ4n) is 4.03. The van der Waals surface area contributed by atoms with Crippen LogP contribution in [0.2, 0.25) is 0 Å². The van der Waals surface area contributed by atoms with Gasteiger partial charge >= 0.3 is 0 Å². The van der Waals surface area contributed by atoms with Gasteiger partial charge in [-0.2, -0.15) is 0 Å². The first-order chi connectivity index (χ1) is 14.0. The summed E-state index contributed by atoms with van der Waals surface area (Å²) in [5.41, 5.74) is 0.986. The van der Waals surface area contributed by atoms with Crippen LogP contribution in [0.4, 0.5) is 0 Å². The lowest BCUT2D eigenvalue weighted by Crippen LogP contribution is -2.47. The summed E-state index contributed by atoms with van der Waals surface area (Å²) in [6.45, 7) is 3.42. The fourth-order valence-corrected chi connectivity index (χ4v) is 5.25. The van der Waals surface area contributed by atoms with Crippen molar-refractivity contribution in [1.82, 2.24) is 24.7 Å². The van der Waals surface area contributed by atoms with Crippen molar-refractivity contribution in [2.45, 2.75) is 38.6 Å². The molecule has 1 aliphatic heterocycles. The van der Waals surface area contributed by atoms with Gasteiger partial charge in [-0.1, -0.05) is 0 Å². The van der Waals surface area contributed by atoms with Gasteiger partial charge in [-0.3, -0.25) is 19.0 Å². The lowest BCUT2D eigenvalue weighted by Gasteiger charge is -2.32. The number of hydrogen-bond acceptors (Lipinski definition) is 6. The van der Waals surface area contributed by atoms with E-state index in [2.05, 4.69) is 15.2 Å². The summed E-state index contributed by atoms with van der Waals surface area (Å²) in [4.78, 5) is 47.9. The maximum absolute atomic E-state index is 12.9. The van der Waals surface area contributed by atoms with E-state index in [1.165, 1.54) is 15.8 Å². The Kier molecular flexibility index (Phi) is 5.96. The summed E-state index contributed by atoms with van der Waals surface area (Å²) in [7, 11) is 2.04. The summed E-state index contributed by atoms with van der Waals surface area (Å²) in [5.74, 6) is -0.216. The third-order valence-electron chi connectivity index (χ3n) is 5.77. The predicted molar refractivity (Wildman–Crippen MR) is 112 cm³/mol. The number of amides is 2. The Bertz CT molecular complexity index is 974. The number of aromatic nitrogens is 2. The fraction of sp³-hybridized carbons (Fsp3) is 0.600. The van der Waals surface area contributed by atoms with Crippen LogP contribution in [0.5, 0.6) is 0 Å². The Morgan fingerprint density at radius 2 is 1.93 bits per heavy atom. The second kappa shape index (κ2) is 8.62. The molecule has 1 fully saturated rings. The zero-order valence-electron chi connectivity index (χ0n) is 16.8. The molecule has 2 aliphatic rings. The normalized spacial score (nSPS) is 17.3. The topological polar surface area (TPSA) is 87.5 Å². The molecule has 1 aliphatic carbocycles. The Morgan fingerprint density at radius 3 is 2.72 bits per heavy atom. The number of likely N-dealkylation sites (N-methyl/N-ethyl adjacent to an activating group) is 1. The zero-order chi connectivity index (χ0) is 20.4. The minimum absolute atomic E-state index is 0.0588. The highest BCUT2D eigenvalue weighted by molar-refractivity contribution is 7.18. The van der Waals surface area contributed by atoms with E-state index < -0.39 is 0 Å². The van der Waals surface area contributed by atoms with E-state index in [1.807, 2.05) is 11.9 Å². The van der Waals surface area contributed by atoms with Gasteiger partial charge in [0.15, 0.2) is 0 Å². The van der Waals surface area contributed by atoms with E-state index in [9.17, 15) is 14.4 Å². The molecule has 156 valence electrons. The summed E-state index contributed by atoms with van der Waals surface area (Å²) in [6, 6.07) is 0. The Hall–Kier alpha value is -2.26. The van der Waals surface area contributed by atoms with Gasteiger partial charge in [0.25, 0.3) is 5.56 Å². The number of nitrogens with zero attached hydrogens (tertiary/aromatic N) is 4. The summed E-state index contributed by atoms with van der Waals surface area (Å²) in [5, 5.41) is 3.45. The molecule has 0 saturated carbocycles. The molecule has 0 unspecified atom stereocenters. The number of piperazine rings is 1. The molecule has 3 heterocycles. The molecule has 1 N–H and O–H groups in total. The largest absolute Gasteiger partial charge is 0.354 e. The summed E-state index contributed by atoms with van der Waals surface area (Å²) in [6.07, 6.45) is 5.91. The Labute approximate surface area is 173 Å². The maximum atomic E-state index is 12.9. The van der Waals surface area contributed by atoms with E-state index in [4.69, 9.17) is 0 Å². The molecule has 9 heteroatoms. The van der Waals surface area contributed by atoms with Crippen molar-refractivity contribution in [3.63, 3.8) is 0 Å². The number of nitrogens with one attached hydrogen (secondary N) is 1. The molecular weight excluding hydrogens is 390 g/mol. The van der Waals surface area contributed by atoms with Crippen LogP contribution < -0.4 is 10.9 Å². The number of carbonyl (C=O) groups excluding carboxylic acids is 2. The maximum Gasteiger partial charge on any atom is 0.262 e. The number of fused-ring (bicyclic) bond motifs is 3. The quantitative estimate of drug-likeness (QED) is 0.771. The van der Waals surface area contributed by atoms with Crippen LogP contribution in [0.3, 0.4) is 0 Å². The molecule has 4 rings (SSSR count). The Morgan fingerprint density at radius 1 is 1.17 bits per heavy atom. The lowest BCUT2D eigenvalue weighted by molar-refractivity contribution is -0.132. The standard InChI is InChI=1S/C20H27N5O3S/c1-23-8-10-24(11-9-23)17(27)6-7-21-16(26)12-25-13-22-19-18(20(25)28)14-4-2-3-5-15(14)29-19/h13H,2-12H2,1H3,(H,21,26). The average Bonchev–Trinajstić information content (AvgIpc) is 3.10. The van der Waals surface area contributed by atoms with E-state index in [-0.39, 0.29) is 36.9 Å². The monoisotopic (exact) mass is 417 g/mol. The van der Waals surface area contributed by atoms with Crippen molar-refractivity contribution in [3.8, 4) is 0 Å². The molecule has 0 atom stereocenters. The highest BCUT2D eigenvalue weighted by Gasteiger charge is 2.21. The number of hydrogen-bond donors (Lipinski definition) is 1. The van der Waals surface area contributed by atoms with E-state index in [1.54, 1.807) is 11.3 Å². The second-order valence-electron chi connectivity index (χ2n) is 7.85. The molecule has 8 nitrogen and oxygen atoms in total. The van der Waals surface area contributed by atoms with E-state index >= 15 is 0 Å². The third-order valence-corrected chi connectivity index (χ3v) is 6.97. The minimum Gasteiger partial charge on any atom is -0.354 e. The van der Waals surface area contributed by atoms with Gasteiger partial charge in [0.1, 0.15) is 11.4 Å². The lowest BCUT2D eigenvalue weighted by atomic mass is 9.97. The van der Waals surface area contributed by atoms with Gasteiger partial charge in [0.2, 0.25) is 11.8 Å². The van der Waals surface area contributed by atoms with Gasteiger partial charge in [-0.15, -0.1) is 11.3 Å². The molecule has 1 saturated heterocycles. The molecule has 0 radical (unpaired) electrons. The molecule has 2 aromatic heterocycles. The third kappa shape index (κ3) is 4.35. The van der Waals surface area contributed by atoms with Crippen molar-refractivity contribution < 1.29 is 9.59 Å². The molecule has 29 heavy (non-hydrogen) atoms. The smallest absolute Gasteiger partial charge is 0.262 e. The molecule has 0 bridgehead atoms. The van der Waals surface area contributed by atoms with E-state index in [0.29, 0.717) is 5.39 Å². The number of carbonyl (C=O) groups is 2. The summed E-state index contributed by atoms with van der Waals surface area (Å²) >= 11 is 1.60. The van der Waals surface area contributed by atoms with Gasteiger partial charge < -0.3 is 15.1 Å². The highest BCUT2D eigenvalue weighted by Crippen LogP contribution is 2.33. The van der Waals surface area contributed by atoms with Gasteiger partial charge in [0.05, 0.1) is 11.7 Å². The average molecular weight is 418 g/mol. The molecular formula is C20H27N5O3S. The Balaban J connectivity index is 1.34. The van der Waals surface area contributed by atoms with Crippen LogP contribution >= 0.6 is 11.3 Å². The van der Waals surface area contributed by atoms with Crippen LogP contribution in [0.15, 0.2) is 11.1 Å². The first-order valence-corrected chi connectivity index (χ1v) is 11.1. The minimum atomic E-state index is -0.275. The van der Waals surface area contributed by atoms with Crippen molar-refractivity contribution in [2.75, 3.05) is 39.8 Å². The predicted octanol–water partition coefficient (Wildman–Crippen LogP) is 0.617. The van der Waals surface area contributed by atoms with Crippen molar-refractivity contribution >= 4 is 33.4 Å². The SMILES string of the molecule is CN1CCN(C(=O)CCNC(=O)Cn2cnc3sc4c(c3c2=O)CCCC4)CC1. The summed E-state index contributed by atoms with van der Waals surface area (Å²) < 4.78 is 1.38. The molecule has 0 spiro atoms. The van der Waals surface area contributed by atoms with E-state index in [0.717, 1.165) is 62.3 Å². The van der Waals surface area contributed by atoms with Crippen LogP contribution in [0, 0.1) is 0 Å². The number of rotatable bonds is 5. The highest BCUT2D eigenvalue weighted by atomic mass is 32.1. The van der Waals surface area contributed by atoms with Gasteiger partial charge in [-0.05, 0) is 38.3 Å². The van der Waals surface area contributed by atoms with Crippen molar-refractivity contribution in [3.05, 3.63) is 27.1 Å². The molecule has 0 aromatic carbocycles. The van der Waals surface area contributed by atoms with Gasteiger partial charge in [0, 0.05) is 44.0 Å². The number of aryl methyl sites for hydroxylation is 2. The van der Waals surface area contributed by atoms with Crippen molar-refractivity contribution in [2.24, 2.45) is 0 Å². The van der Waals surface area contributed by atoms with Crippen LogP contribution in [-0.2, 0) is 29.0 Å². The molecule has 2 aromatic rings. The van der Waals surface area contributed by atoms with Crippen LogP contribution in [0.25, 0.3) is 10.2 Å². The van der Waals surface area contributed by atoms with Crippen LogP contribution in [0.1, 0.15) is 29.7 Å². The first-order valence-electron chi connectivity index (χ1n) is 10.3. The van der Waals surface area contributed by atoms with Crippen LogP contribution in [-0.4, -0.2) is 70.9 Å². The zero-order valence-corrected chi connectivity index (χ0v) is 17.6. The molecule has 2 amide bonds. The first kappa shape index (κ1) is 20.0. The van der Waals surface area contributed by atoms with Crippen molar-refractivity contribution in [1.29, 1.82) is 0 Å².